The van der Waals surface area contributed by atoms with E-state index in [0.29, 0.717) is 5.75 Å². The van der Waals surface area contributed by atoms with E-state index < -0.39 is 4.92 Å². The first-order valence-corrected chi connectivity index (χ1v) is 5.74. The van der Waals surface area contributed by atoms with Crippen molar-refractivity contribution in [3.05, 3.63) is 45.6 Å². The van der Waals surface area contributed by atoms with Gasteiger partial charge in [0.05, 0.1) is 4.92 Å². The molecule has 2 aromatic rings. The van der Waals surface area contributed by atoms with E-state index in [9.17, 15) is 10.1 Å². The van der Waals surface area contributed by atoms with Crippen LogP contribution in [0.1, 0.15) is 11.1 Å². The average Bonchev–Trinajstić information content (AvgIpc) is 2.37. The number of rotatable bonds is 4. The van der Waals surface area contributed by atoms with Gasteiger partial charge in [-0.05, 0) is 37.1 Å². The molecule has 1 aromatic carbocycles. The second-order valence-electron chi connectivity index (χ2n) is 4.21. The molecule has 0 amide bonds. The zero-order valence-electron chi connectivity index (χ0n) is 11.0. The fourth-order valence-electron chi connectivity index (χ4n) is 1.73. The van der Waals surface area contributed by atoms with Gasteiger partial charge in [-0.1, -0.05) is 6.07 Å². The Bertz CT molecular complexity index is 639. The summed E-state index contributed by atoms with van der Waals surface area (Å²) in [6, 6.07) is 5.48. The summed E-state index contributed by atoms with van der Waals surface area (Å²) in [7, 11) is 0. The van der Waals surface area contributed by atoms with Crippen LogP contribution in [0.3, 0.4) is 0 Å². The minimum absolute atomic E-state index is 0.0370. The van der Waals surface area contributed by atoms with Crippen LogP contribution in [-0.2, 0) is 0 Å². The highest BCUT2D eigenvalue weighted by Crippen LogP contribution is 2.30. The SMILES string of the molecule is Cc1cc(C)cc(Oc2nc(NN)ncc2[N+](=O)[O-])c1. The molecular weight excluding hydrogens is 262 g/mol. The summed E-state index contributed by atoms with van der Waals surface area (Å²) in [5.74, 6) is 5.52. The van der Waals surface area contributed by atoms with E-state index in [4.69, 9.17) is 10.6 Å². The number of nitro groups is 1. The first-order valence-electron chi connectivity index (χ1n) is 5.74. The molecule has 0 radical (unpaired) electrons. The van der Waals surface area contributed by atoms with Crippen molar-refractivity contribution in [2.75, 3.05) is 5.43 Å². The number of ether oxygens (including phenoxy) is 1. The lowest BCUT2D eigenvalue weighted by Crippen LogP contribution is -2.11. The van der Waals surface area contributed by atoms with Gasteiger partial charge < -0.3 is 4.74 Å². The summed E-state index contributed by atoms with van der Waals surface area (Å²) in [4.78, 5) is 17.9. The summed E-state index contributed by atoms with van der Waals surface area (Å²) in [5, 5.41) is 10.9. The van der Waals surface area contributed by atoms with Crippen LogP contribution in [0.15, 0.2) is 24.4 Å². The fourth-order valence-corrected chi connectivity index (χ4v) is 1.73. The third-order valence-electron chi connectivity index (χ3n) is 2.47. The number of hydrogen-bond acceptors (Lipinski definition) is 7. The van der Waals surface area contributed by atoms with Crippen molar-refractivity contribution in [3.63, 3.8) is 0 Å². The Morgan fingerprint density at radius 3 is 2.50 bits per heavy atom. The molecule has 3 N–H and O–H groups in total. The molecule has 0 aliphatic heterocycles. The molecular formula is C12H13N5O3. The number of hydrogen-bond donors (Lipinski definition) is 2. The quantitative estimate of drug-likeness (QED) is 0.498. The number of aromatic nitrogens is 2. The van der Waals surface area contributed by atoms with Crippen molar-refractivity contribution in [1.29, 1.82) is 0 Å². The zero-order chi connectivity index (χ0) is 14.7. The summed E-state index contributed by atoms with van der Waals surface area (Å²) < 4.78 is 5.49. The molecule has 0 unspecified atom stereocenters. The van der Waals surface area contributed by atoms with Crippen molar-refractivity contribution < 1.29 is 9.66 Å². The summed E-state index contributed by atoms with van der Waals surface area (Å²) in [6.07, 6.45) is 1.04. The highest BCUT2D eigenvalue weighted by Gasteiger charge is 2.19. The molecule has 1 aromatic heterocycles. The lowest BCUT2D eigenvalue weighted by Gasteiger charge is -2.08. The second kappa shape index (κ2) is 5.49. The van der Waals surface area contributed by atoms with Crippen LogP contribution in [0.25, 0.3) is 0 Å². The minimum Gasteiger partial charge on any atom is -0.434 e. The smallest absolute Gasteiger partial charge is 0.349 e. The molecule has 0 spiro atoms. The van der Waals surface area contributed by atoms with Gasteiger partial charge in [-0.25, -0.2) is 10.8 Å². The number of nitrogens with zero attached hydrogens (tertiary/aromatic N) is 3. The van der Waals surface area contributed by atoms with E-state index in [1.54, 1.807) is 12.1 Å². The van der Waals surface area contributed by atoms with Gasteiger partial charge >= 0.3 is 11.6 Å². The number of nitrogens with one attached hydrogen (secondary N) is 1. The molecule has 20 heavy (non-hydrogen) atoms. The largest absolute Gasteiger partial charge is 0.434 e. The molecule has 104 valence electrons. The van der Waals surface area contributed by atoms with Gasteiger partial charge in [-0.2, -0.15) is 4.98 Å². The topological polar surface area (TPSA) is 116 Å². The van der Waals surface area contributed by atoms with Gasteiger partial charge in [-0.3, -0.25) is 15.5 Å². The van der Waals surface area contributed by atoms with E-state index in [2.05, 4.69) is 15.4 Å². The zero-order valence-corrected chi connectivity index (χ0v) is 11.0. The maximum atomic E-state index is 10.9. The van der Waals surface area contributed by atoms with Crippen molar-refractivity contribution in [2.24, 2.45) is 5.84 Å². The number of nitrogens with two attached hydrogens (primary N) is 1. The van der Waals surface area contributed by atoms with E-state index in [-0.39, 0.29) is 17.5 Å². The predicted molar refractivity (Wildman–Crippen MR) is 72.5 cm³/mol. The normalized spacial score (nSPS) is 10.2. The van der Waals surface area contributed by atoms with Crippen LogP contribution in [-0.4, -0.2) is 14.9 Å². The number of hydrazine groups is 1. The molecule has 1 heterocycles. The van der Waals surface area contributed by atoms with Crippen molar-refractivity contribution in [3.8, 4) is 11.6 Å². The molecule has 8 heteroatoms. The molecule has 0 atom stereocenters. The van der Waals surface area contributed by atoms with Crippen molar-refractivity contribution in [2.45, 2.75) is 13.8 Å². The first-order chi connectivity index (χ1) is 9.49. The molecule has 0 saturated carbocycles. The fraction of sp³-hybridized carbons (Fsp3) is 0.167. The number of anilines is 1. The Balaban J connectivity index is 2.42. The maximum Gasteiger partial charge on any atom is 0.349 e. The number of aryl methyl sites for hydroxylation is 2. The minimum atomic E-state index is -0.613. The van der Waals surface area contributed by atoms with E-state index in [0.717, 1.165) is 17.3 Å². The van der Waals surface area contributed by atoms with Gasteiger partial charge in [0.2, 0.25) is 5.95 Å². The van der Waals surface area contributed by atoms with E-state index >= 15 is 0 Å². The Kier molecular flexibility index (Phi) is 3.76. The standard InChI is InChI=1S/C12H13N5O3/c1-7-3-8(2)5-9(4-7)20-11-10(17(18)19)6-14-12(15-11)16-13/h3-6H,13H2,1-2H3,(H,14,15,16). The van der Waals surface area contributed by atoms with Crippen LogP contribution in [0, 0.1) is 24.0 Å². The van der Waals surface area contributed by atoms with E-state index in [1.807, 2.05) is 19.9 Å². The Morgan fingerprint density at radius 1 is 1.30 bits per heavy atom. The van der Waals surface area contributed by atoms with Crippen LogP contribution in [0.4, 0.5) is 11.6 Å². The monoisotopic (exact) mass is 275 g/mol. The third-order valence-corrected chi connectivity index (χ3v) is 2.47. The Labute approximate surface area is 114 Å². The lowest BCUT2D eigenvalue weighted by molar-refractivity contribution is -0.386. The van der Waals surface area contributed by atoms with Gasteiger partial charge in [0.25, 0.3) is 0 Å². The van der Waals surface area contributed by atoms with Crippen LogP contribution in [0.2, 0.25) is 0 Å². The number of nitrogen functional groups attached to an aromatic ring is 1. The molecule has 0 saturated heterocycles. The van der Waals surface area contributed by atoms with Crippen LogP contribution >= 0.6 is 0 Å². The summed E-state index contributed by atoms with van der Waals surface area (Å²) >= 11 is 0. The van der Waals surface area contributed by atoms with Gasteiger partial charge in [0.1, 0.15) is 11.9 Å². The number of benzene rings is 1. The first kappa shape index (κ1) is 13.7. The molecule has 0 aliphatic carbocycles. The van der Waals surface area contributed by atoms with Crippen LogP contribution < -0.4 is 16.0 Å². The maximum absolute atomic E-state index is 10.9. The molecule has 0 fully saturated rings. The van der Waals surface area contributed by atoms with Crippen LogP contribution in [0.5, 0.6) is 11.6 Å². The highest BCUT2D eigenvalue weighted by molar-refractivity contribution is 5.46. The molecule has 8 nitrogen and oxygen atoms in total. The van der Waals surface area contributed by atoms with Gasteiger partial charge in [-0.15, -0.1) is 0 Å². The summed E-state index contributed by atoms with van der Waals surface area (Å²) in [5.41, 5.74) is 3.85. The van der Waals surface area contributed by atoms with Crippen molar-refractivity contribution >= 4 is 11.6 Å². The second-order valence-corrected chi connectivity index (χ2v) is 4.21. The Morgan fingerprint density at radius 2 is 1.95 bits per heavy atom. The average molecular weight is 275 g/mol. The molecule has 2 rings (SSSR count). The third kappa shape index (κ3) is 2.98. The van der Waals surface area contributed by atoms with Gasteiger partial charge in [0.15, 0.2) is 0 Å². The molecule has 0 aliphatic rings. The lowest BCUT2D eigenvalue weighted by atomic mass is 10.1. The molecule has 0 bridgehead atoms. The highest BCUT2D eigenvalue weighted by atomic mass is 16.6. The summed E-state index contributed by atoms with van der Waals surface area (Å²) in [6.45, 7) is 3.81. The van der Waals surface area contributed by atoms with Crippen molar-refractivity contribution in [1.82, 2.24) is 9.97 Å². The van der Waals surface area contributed by atoms with Gasteiger partial charge in [0, 0.05) is 0 Å². The van der Waals surface area contributed by atoms with E-state index in [1.165, 1.54) is 0 Å². The predicted octanol–water partition coefficient (Wildman–Crippen LogP) is 2.08. The Hall–Kier alpha value is -2.74.